The Morgan fingerprint density at radius 1 is 1.18 bits per heavy atom. The number of benzene rings is 2. The van der Waals surface area contributed by atoms with Gasteiger partial charge in [0.2, 0.25) is 0 Å². The summed E-state index contributed by atoms with van der Waals surface area (Å²) in [6.07, 6.45) is -2.30. The predicted octanol–water partition coefficient (Wildman–Crippen LogP) is 3.84. The molecule has 1 unspecified atom stereocenters. The molecule has 2 fully saturated rings. The lowest BCUT2D eigenvalue weighted by molar-refractivity contribution is -0.138. The van der Waals surface area contributed by atoms with E-state index in [4.69, 9.17) is 4.74 Å². The highest BCUT2D eigenvalue weighted by molar-refractivity contribution is 6.10. The lowest BCUT2D eigenvalue weighted by Crippen LogP contribution is -2.57. The first-order chi connectivity index (χ1) is 18.5. The van der Waals surface area contributed by atoms with E-state index in [0.717, 1.165) is 18.7 Å². The van der Waals surface area contributed by atoms with Crippen molar-refractivity contribution in [1.82, 2.24) is 25.0 Å². The van der Waals surface area contributed by atoms with Crippen molar-refractivity contribution >= 4 is 11.6 Å². The Morgan fingerprint density at radius 2 is 1.97 bits per heavy atom. The van der Waals surface area contributed by atoms with E-state index >= 15 is 0 Å². The van der Waals surface area contributed by atoms with Gasteiger partial charge in [-0.15, -0.1) is 10.2 Å². The Morgan fingerprint density at radius 3 is 2.62 bits per heavy atom. The summed E-state index contributed by atoms with van der Waals surface area (Å²) in [7, 11) is 1.83. The summed E-state index contributed by atoms with van der Waals surface area (Å²) in [5.74, 6) is 0.207. The number of amides is 1. The third-order valence-corrected chi connectivity index (χ3v) is 8.25. The summed E-state index contributed by atoms with van der Waals surface area (Å²) in [5.41, 5.74) is 0.153. The van der Waals surface area contributed by atoms with Crippen LogP contribution in [0.5, 0.6) is 0 Å². The normalized spacial score (nSPS) is 23.1. The van der Waals surface area contributed by atoms with Gasteiger partial charge in [-0.2, -0.15) is 13.2 Å². The number of carbonyl (C=O) groups excluding carboxylic acids is 1. The number of aryl methyl sites for hydroxylation is 1. The number of anilines is 1. The summed E-state index contributed by atoms with van der Waals surface area (Å²) >= 11 is 0. The summed E-state index contributed by atoms with van der Waals surface area (Å²) in [6.45, 7) is 7.10. The smallest absolute Gasteiger partial charge is 0.362 e. The highest BCUT2D eigenvalue weighted by Gasteiger charge is 2.47. The molecule has 0 bridgehead atoms. The second-order valence-corrected chi connectivity index (χ2v) is 11.2. The van der Waals surface area contributed by atoms with Gasteiger partial charge in [-0.25, -0.2) is 0 Å². The number of alkyl halides is 3. The lowest BCUT2D eigenvalue weighted by Gasteiger charge is -2.43. The van der Waals surface area contributed by atoms with E-state index < -0.39 is 23.2 Å². The van der Waals surface area contributed by atoms with Gasteiger partial charge in [0.25, 0.3) is 5.91 Å². The van der Waals surface area contributed by atoms with E-state index in [1.807, 2.05) is 19.2 Å². The van der Waals surface area contributed by atoms with Gasteiger partial charge in [-0.1, -0.05) is 12.1 Å². The highest BCUT2D eigenvalue weighted by Crippen LogP contribution is 2.45. The number of hydrogen-bond donors (Lipinski definition) is 1. The molecule has 4 heterocycles. The monoisotopic (exact) mass is 540 g/mol. The third-order valence-electron chi connectivity index (χ3n) is 8.25. The fourth-order valence-electron chi connectivity index (χ4n) is 5.97. The van der Waals surface area contributed by atoms with Crippen LogP contribution in [0.4, 0.5) is 18.9 Å². The van der Waals surface area contributed by atoms with Crippen LogP contribution in [0.2, 0.25) is 0 Å². The Kier molecular flexibility index (Phi) is 6.09. The zero-order valence-corrected chi connectivity index (χ0v) is 22.2. The molecule has 8 nitrogen and oxygen atoms in total. The first kappa shape index (κ1) is 26.0. The quantitative estimate of drug-likeness (QED) is 0.530. The Labute approximate surface area is 224 Å². The number of halogens is 3. The van der Waals surface area contributed by atoms with E-state index in [0.29, 0.717) is 43.2 Å². The van der Waals surface area contributed by atoms with Crippen molar-refractivity contribution in [2.75, 3.05) is 31.1 Å². The van der Waals surface area contributed by atoms with Crippen molar-refractivity contribution in [2.45, 2.75) is 50.7 Å². The van der Waals surface area contributed by atoms with E-state index in [1.165, 1.54) is 11.0 Å². The van der Waals surface area contributed by atoms with Crippen molar-refractivity contribution in [3.63, 3.8) is 0 Å². The Bertz CT molecular complexity index is 1430. The van der Waals surface area contributed by atoms with Crippen molar-refractivity contribution in [3.8, 4) is 0 Å². The van der Waals surface area contributed by atoms with E-state index in [1.54, 1.807) is 29.1 Å². The van der Waals surface area contributed by atoms with Crippen LogP contribution in [-0.2, 0) is 36.7 Å². The molecule has 6 rings (SSSR count). The molecule has 1 atom stereocenters. The number of nitrogens with one attached hydrogen (secondary N) is 1. The first-order valence-corrected chi connectivity index (χ1v) is 13.1. The minimum Gasteiger partial charge on any atom is -0.362 e. The van der Waals surface area contributed by atoms with Gasteiger partial charge in [-0.3, -0.25) is 9.69 Å². The standard InChI is InChI=1S/C28H31F3N6O2/c1-26(2)16-32-8-9-36(26)14-18-11-21-22(23(12-18)28(29,30)31)15-37(24(21)38)20-6-4-5-19(13-20)27(7-10-39-27)25-34-33-17-35(25)3/h4-6,11-13,17,32H,7-10,14-16H2,1-3H3. The molecule has 3 aliphatic heterocycles. The van der Waals surface area contributed by atoms with Gasteiger partial charge in [0.15, 0.2) is 11.4 Å². The zero-order valence-electron chi connectivity index (χ0n) is 22.2. The van der Waals surface area contributed by atoms with Gasteiger partial charge in [0.05, 0.1) is 18.7 Å². The summed E-state index contributed by atoms with van der Waals surface area (Å²) in [4.78, 5) is 17.2. The van der Waals surface area contributed by atoms with Crippen LogP contribution in [0.1, 0.15) is 58.7 Å². The van der Waals surface area contributed by atoms with E-state index in [9.17, 15) is 18.0 Å². The van der Waals surface area contributed by atoms with E-state index in [-0.39, 0.29) is 23.2 Å². The van der Waals surface area contributed by atoms with Crippen LogP contribution >= 0.6 is 0 Å². The summed E-state index contributed by atoms with van der Waals surface area (Å²) in [5, 5.41) is 11.6. The van der Waals surface area contributed by atoms with Gasteiger partial charge >= 0.3 is 6.18 Å². The number of ether oxygens (including phenoxy) is 1. The third kappa shape index (κ3) is 4.32. The first-order valence-electron chi connectivity index (χ1n) is 13.1. The van der Waals surface area contributed by atoms with E-state index in [2.05, 4.69) is 34.3 Å². The second-order valence-electron chi connectivity index (χ2n) is 11.2. The number of aromatic nitrogens is 3. The van der Waals surface area contributed by atoms with Gasteiger partial charge in [0, 0.05) is 56.4 Å². The number of hydrogen-bond acceptors (Lipinski definition) is 6. The average Bonchev–Trinajstić information content (AvgIpc) is 3.42. The fourth-order valence-corrected chi connectivity index (χ4v) is 5.97. The number of nitrogens with zero attached hydrogens (tertiary/aromatic N) is 5. The minimum atomic E-state index is -4.58. The summed E-state index contributed by atoms with van der Waals surface area (Å²) in [6, 6.07) is 10.1. The Hall–Kier alpha value is -3.28. The molecule has 0 spiro atoms. The highest BCUT2D eigenvalue weighted by atomic mass is 19.4. The number of rotatable bonds is 5. The second kappa shape index (κ2) is 9.14. The van der Waals surface area contributed by atoms with Crippen LogP contribution in [0, 0.1) is 0 Å². The van der Waals surface area contributed by atoms with Gasteiger partial charge in [0.1, 0.15) is 6.33 Å². The minimum absolute atomic E-state index is 0.0177. The molecule has 0 saturated carbocycles. The molecule has 2 aromatic carbocycles. The summed E-state index contributed by atoms with van der Waals surface area (Å²) < 4.78 is 50.7. The van der Waals surface area contributed by atoms with Gasteiger partial charge < -0.3 is 19.5 Å². The van der Waals surface area contributed by atoms with Crippen molar-refractivity contribution < 1.29 is 22.7 Å². The maximum Gasteiger partial charge on any atom is 0.416 e. The number of fused-ring (bicyclic) bond motifs is 1. The van der Waals surface area contributed by atoms with Crippen molar-refractivity contribution in [1.29, 1.82) is 0 Å². The molecule has 0 aliphatic carbocycles. The number of piperazine rings is 1. The molecule has 3 aromatic rings. The maximum absolute atomic E-state index is 14.3. The molecule has 1 aromatic heterocycles. The maximum atomic E-state index is 14.3. The van der Waals surface area contributed by atoms with Crippen LogP contribution < -0.4 is 10.2 Å². The van der Waals surface area contributed by atoms with Crippen LogP contribution in [0.3, 0.4) is 0 Å². The molecular formula is C28H31F3N6O2. The van der Waals surface area contributed by atoms with Gasteiger partial charge in [-0.05, 0) is 54.8 Å². The molecule has 39 heavy (non-hydrogen) atoms. The molecular weight excluding hydrogens is 509 g/mol. The van der Waals surface area contributed by atoms with Crippen molar-refractivity contribution in [3.05, 3.63) is 76.4 Å². The molecule has 11 heteroatoms. The zero-order chi connectivity index (χ0) is 27.6. The fraction of sp³-hybridized carbons (Fsp3) is 0.464. The average molecular weight is 541 g/mol. The Balaban J connectivity index is 1.35. The van der Waals surface area contributed by atoms with Crippen molar-refractivity contribution in [2.24, 2.45) is 7.05 Å². The molecule has 0 radical (unpaired) electrons. The van der Waals surface area contributed by atoms with Crippen LogP contribution in [0.15, 0.2) is 42.7 Å². The largest absolute Gasteiger partial charge is 0.416 e. The van der Waals surface area contributed by atoms with Crippen LogP contribution in [-0.4, -0.2) is 57.4 Å². The molecule has 2 saturated heterocycles. The molecule has 1 N–H and O–H groups in total. The molecule has 206 valence electrons. The number of carbonyl (C=O) groups is 1. The lowest BCUT2D eigenvalue weighted by atomic mass is 9.85. The topological polar surface area (TPSA) is 75.5 Å². The SMILES string of the molecule is Cn1cnnc1C1(c2cccc(N3Cc4c(cc(CN5CCNCC5(C)C)cc4C(F)(F)F)C3=O)c2)CCO1. The molecule has 3 aliphatic rings. The molecule has 1 amide bonds. The van der Waals surface area contributed by atoms with Crippen LogP contribution in [0.25, 0.3) is 0 Å². The predicted molar refractivity (Wildman–Crippen MR) is 138 cm³/mol.